The number of thiocarbonyl (C=S) groups is 1. The molecule has 3 aromatic rings. The van der Waals surface area contributed by atoms with Crippen LogP contribution in [0.4, 0.5) is 5.95 Å². The van der Waals surface area contributed by atoms with E-state index in [1.54, 1.807) is 6.20 Å². The second kappa shape index (κ2) is 5.22. The van der Waals surface area contributed by atoms with Gasteiger partial charge in [-0.3, -0.25) is 0 Å². The molecule has 0 unspecified atom stereocenters. The van der Waals surface area contributed by atoms with Gasteiger partial charge in [-0.25, -0.2) is 9.97 Å². The lowest BCUT2D eigenvalue weighted by Crippen LogP contribution is -2.20. The number of hydrogen-bond donors (Lipinski definition) is 2. The van der Waals surface area contributed by atoms with E-state index in [1.807, 2.05) is 30.3 Å². The molecule has 1 aromatic heterocycles. The van der Waals surface area contributed by atoms with Gasteiger partial charge in [0.15, 0.2) is 5.11 Å². The molecule has 98 valence electrons. The molecule has 3 rings (SSSR count). The lowest BCUT2D eigenvalue weighted by Gasteiger charge is -2.07. The smallest absolute Gasteiger partial charge is 0.229 e. The number of rotatable bonds is 2. The Balaban J connectivity index is 2.13. The molecule has 1 heterocycles. The first-order chi connectivity index (χ1) is 9.74. The van der Waals surface area contributed by atoms with Crippen molar-refractivity contribution in [2.75, 3.05) is 5.32 Å². The van der Waals surface area contributed by atoms with Crippen LogP contribution in [0.3, 0.4) is 0 Å². The zero-order valence-corrected chi connectivity index (χ0v) is 11.4. The summed E-state index contributed by atoms with van der Waals surface area (Å²) in [7, 11) is 0. The largest absolute Gasteiger partial charge is 0.376 e. The van der Waals surface area contributed by atoms with Gasteiger partial charge < -0.3 is 11.1 Å². The third kappa shape index (κ3) is 2.44. The highest BCUT2D eigenvalue weighted by atomic mass is 32.1. The molecule has 0 amide bonds. The summed E-state index contributed by atoms with van der Waals surface area (Å²) in [5.74, 6) is 0.405. The number of nitrogens with zero attached hydrogens (tertiary/aromatic N) is 2. The van der Waals surface area contributed by atoms with Gasteiger partial charge in [0.25, 0.3) is 0 Å². The van der Waals surface area contributed by atoms with Crippen molar-refractivity contribution in [3.63, 3.8) is 0 Å². The van der Waals surface area contributed by atoms with Gasteiger partial charge in [0.2, 0.25) is 5.95 Å². The minimum absolute atomic E-state index is 0.153. The van der Waals surface area contributed by atoms with Crippen molar-refractivity contribution >= 4 is 34.1 Å². The van der Waals surface area contributed by atoms with Crippen LogP contribution in [0.2, 0.25) is 0 Å². The summed E-state index contributed by atoms with van der Waals surface area (Å²) in [6.45, 7) is 0. The van der Waals surface area contributed by atoms with E-state index in [4.69, 9.17) is 18.0 Å². The first-order valence-electron chi connectivity index (χ1n) is 6.12. The van der Waals surface area contributed by atoms with E-state index >= 15 is 0 Å². The molecule has 0 spiro atoms. The van der Waals surface area contributed by atoms with Crippen LogP contribution >= 0.6 is 12.2 Å². The predicted octanol–water partition coefficient (Wildman–Crippen LogP) is 2.95. The van der Waals surface area contributed by atoms with Gasteiger partial charge in [-0.2, -0.15) is 0 Å². The maximum atomic E-state index is 5.44. The van der Waals surface area contributed by atoms with Crippen molar-refractivity contribution in [2.45, 2.75) is 0 Å². The number of aromatic nitrogens is 2. The lowest BCUT2D eigenvalue weighted by molar-refractivity contribution is 1.18. The number of fused-ring (bicyclic) bond motifs is 1. The van der Waals surface area contributed by atoms with Gasteiger partial charge in [0.05, 0.1) is 5.69 Å². The molecule has 0 saturated heterocycles. The molecule has 0 bridgehead atoms. The lowest BCUT2D eigenvalue weighted by atomic mass is 10.0. The summed E-state index contributed by atoms with van der Waals surface area (Å²) in [4.78, 5) is 8.54. The van der Waals surface area contributed by atoms with Crippen molar-refractivity contribution < 1.29 is 0 Å². The highest BCUT2D eigenvalue weighted by molar-refractivity contribution is 7.80. The molecule has 0 aliphatic heterocycles. The highest BCUT2D eigenvalue weighted by Crippen LogP contribution is 2.27. The number of hydrogen-bond acceptors (Lipinski definition) is 3. The molecule has 4 nitrogen and oxygen atoms in total. The van der Waals surface area contributed by atoms with E-state index in [1.165, 1.54) is 5.39 Å². The third-order valence-electron chi connectivity index (χ3n) is 2.96. The Kier molecular flexibility index (Phi) is 3.26. The zero-order valence-electron chi connectivity index (χ0n) is 10.6. The van der Waals surface area contributed by atoms with Gasteiger partial charge in [0, 0.05) is 11.8 Å². The van der Waals surface area contributed by atoms with E-state index in [0.717, 1.165) is 16.6 Å². The predicted molar refractivity (Wildman–Crippen MR) is 85.4 cm³/mol. The maximum absolute atomic E-state index is 5.44. The van der Waals surface area contributed by atoms with Gasteiger partial charge in [-0.1, -0.05) is 42.5 Å². The average molecular weight is 280 g/mol. The molecular formula is C15H12N4S. The van der Waals surface area contributed by atoms with Crippen LogP contribution in [0, 0.1) is 0 Å². The standard InChI is InChI=1S/C15H12N4S/c16-14(20)19-15-17-9-8-13(18-15)12-7-3-5-10-4-1-2-6-11(10)12/h1-9H,(H3,16,17,18,19,20). The van der Waals surface area contributed by atoms with Crippen LogP contribution < -0.4 is 11.1 Å². The molecule has 3 N–H and O–H groups in total. The summed E-state index contributed by atoms with van der Waals surface area (Å²) in [5, 5.41) is 5.22. The Hall–Kier alpha value is -2.53. The summed E-state index contributed by atoms with van der Waals surface area (Å²) in [5.41, 5.74) is 7.33. The quantitative estimate of drug-likeness (QED) is 0.707. The van der Waals surface area contributed by atoms with E-state index in [9.17, 15) is 0 Å². The number of benzene rings is 2. The number of nitrogens with one attached hydrogen (secondary N) is 1. The maximum Gasteiger partial charge on any atom is 0.229 e. The van der Waals surface area contributed by atoms with Gasteiger partial charge in [-0.15, -0.1) is 0 Å². The minimum atomic E-state index is 0.153. The molecule has 20 heavy (non-hydrogen) atoms. The molecule has 0 fully saturated rings. The van der Waals surface area contributed by atoms with Crippen LogP contribution in [-0.4, -0.2) is 15.1 Å². The molecule has 0 atom stereocenters. The van der Waals surface area contributed by atoms with Crippen LogP contribution in [0.15, 0.2) is 54.7 Å². The molecule has 0 saturated carbocycles. The van der Waals surface area contributed by atoms with Crippen LogP contribution in [-0.2, 0) is 0 Å². The molecule has 5 heteroatoms. The van der Waals surface area contributed by atoms with Gasteiger partial charge in [-0.05, 0) is 29.1 Å². The molecule has 0 aliphatic rings. The molecule has 2 aromatic carbocycles. The average Bonchev–Trinajstić information content (AvgIpc) is 2.46. The van der Waals surface area contributed by atoms with Gasteiger partial charge >= 0.3 is 0 Å². The Morgan fingerprint density at radius 3 is 2.70 bits per heavy atom. The first kappa shape index (κ1) is 12.5. The highest BCUT2D eigenvalue weighted by Gasteiger charge is 2.06. The van der Waals surface area contributed by atoms with Crippen LogP contribution in [0.25, 0.3) is 22.0 Å². The normalized spacial score (nSPS) is 10.4. The first-order valence-corrected chi connectivity index (χ1v) is 6.52. The van der Waals surface area contributed by atoms with Gasteiger partial charge in [0.1, 0.15) is 0 Å². The summed E-state index contributed by atoms with van der Waals surface area (Å²) < 4.78 is 0. The monoisotopic (exact) mass is 280 g/mol. The fraction of sp³-hybridized carbons (Fsp3) is 0. The molecule has 0 aliphatic carbocycles. The second-order valence-electron chi connectivity index (χ2n) is 4.28. The third-order valence-corrected chi connectivity index (χ3v) is 3.06. The van der Waals surface area contributed by atoms with E-state index < -0.39 is 0 Å². The zero-order chi connectivity index (χ0) is 13.9. The second-order valence-corrected chi connectivity index (χ2v) is 4.72. The fourth-order valence-corrected chi connectivity index (χ4v) is 2.22. The van der Waals surface area contributed by atoms with Crippen molar-refractivity contribution in [2.24, 2.45) is 5.73 Å². The molecular weight excluding hydrogens is 268 g/mol. The van der Waals surface area contributed by atoms with Crippen molar-refractivity contribution in [1.29, 1.82) is 0 Å². The fourth-order valence-electron chi connectivity index (χ4n) is 2.13. The summed E-state index contributed by atoms with van der Waals surface area (Å²) in [6, 6.07) is 16.2. The number of anilines is 1. The van der Waals surface area contributed by atoms with Crippen molar-refractivity contribution in [3.8, 4) is 11.3 Å². The number of nitrogens with two attached hydrogens (primary N) is 1. The Morgan fingerprint density at radius 2 is 1.85 bits per heavy atom. The minimum Gasteiger partial charge on any atom is -0.376 e. The summed E-state index contributed by atoms with van der Waals surface area (Å²) >= 11 is 4.80. The Bertz CT molecular complexity index is 780. The SMILES string of the molecule is NC(=S)Nc1nccc(-c2cccc3ccccc23)n1. The topological polar surface area (TPSA) is 63.8 Å². The van der Waals surface area contributed by atoms with Crippen molar-refractivity contribution in [1.82, 2.24) is 9.97 Å². The van der Waals surface area contributed by atoms with Crippen LogP contribution in [0.1, 0.15) is 0 Å². The van der Waals surface area contributed by atoms with E-state index in [-0.39, 0.29) is 5.11 Å². The Morgan fingerprint density at radius 1 is 1.05 bits per heavy atom. The van der Waals surface area contributed by atoms with E-state index in [0.29, 0.717) is 5.95 Å². The summed E-state index contributed by atoms with van der Waals surface area (Å²) in [6.07, 6.45) is 1.69. The Labute approximate surface area is 121 Å². The molecule has 0 radical (unpaired) electrons. The van der Waals surface area contributed by atoms with Crippen LogP contribution in [0.5, 0.6) is 0 Å². The van der Waals surface area contributed by atoms with Crippen molar-refractivity contribution in [3.05, 3.63) is 54.7 Å². The van der Waals surface area contributed by atoms with E-state index in [2.05, 4.69) is 33.5 Å².